The first-order chi connectivity index (χ1) is 16.0. The van der Waals surface area contributed by atoms with E-state index in [1.807, 2.05) is 37.3 Å². The van der Waals surface area contributed by atoms with E-state index in [1.54, 1.807) is 19.1 Å². The maximum absolute atomic E-state index is 13.1. The second-order valence-electron chi connectivity index (χ2n) is 7.85. The summed E-state index contributed by atoms with van der Waals surface area (Å²) < 4.78 is 10.6. The zero-order valence-electron chi connectivity index (χ0n) is 18.9. The molecule has 0 radical (unpaired) electrons. The van der Waals surface area contributed by atoms with E-state index >= 15 is 0 Å². The number of hydrogen-bond donors (Lipinski definition) is 2. The number of para-hydroxylation sites is 1. The van der Waals surface area contributed by atoms with Gasteiger partial charge in [0, 0.05) is 31.9 Å². The van der Waals surface area contributed by atoms with Gasteiger partial charge in [0.05, 0.1) is 17.4 Å². The minimum atomic E-state index is -0.141. The summed E-state index contributed by atoms with van der Waals surface area (Å²) in [6.07, 6.45) is 1.39. The molecule has 1 saturated heterocycles. The van der Waals surface area contributed by atoms with Crippen LogP contribution in [-0.4, -0.2) is 60.2 Å². The number of ether oxygens (including phenoxy) is 2. The van der Waals surface area contributed by atoms with Crippen LogP contribution in [0.15, 0.2) is 30.3 Å². The molecule has 0 atom stereocenters. The maximum Gasteiger partial charge on any atom is 0.321 e. The van der Waals surface area contributed by atoms with Crippen molar-refractivity contribution in [2.24, 2.45) is 0 Å². The van der Waals surface area contributed by atoms with Gasteiger partial charge in [-0.15, -0.1) is 11.3 Å². The van der Waals surface area contributed by atoms with Crippen molar-refractivity contribution in [3.05, 3.63) is 46.6 Å². The highest BCUT2D eigenvalue weighted by Gasteiger charge is 2.27. The largest absolute Gasteiger partial charge is 0.480 e. The Morgan fingerprint density at radius 1 is 1.15 bits per heavy atom. The van der Waals surface area contributed by atoms with Gasteiger partial charge in [-0.25, -0.2) is 9.78 Å². The maximum atomic E-state index is 13.1. The van der Waals surface area contributed by atoms with E-state index in [2.05, 4.69) is 20.6 Å². The predicted molar refractivity (Wildman–Crippen MR) is 127 cm³/mol. The Morgan fingerprint density at radius 2 is 1.88 bits per heavy atom. The summed E-state index contributed by atoms with van der Waals surface area (Å²) in [5, 5.41) is 6.78. The zero-order valence-corrected chi connectivity index (χ0v) is 19.7. The Hall–Kier alpha value is -3.24. The molecular formula is C23H27N5O4S. The minimum Gasteiger partial charge on any atom is -0.480 e. The van der Waals surface area contributed by atoms with E-state index in [0.29, 0.717) is 47.3 Å². The summed E-state index contributed by atoms with van der Waals surface area (Å²) in [4.78, 5) is 37.5. The normalized spacial score (nSPS) is 14.3. The lowest BCUT2D eigenvalue weighted by Crippen LogP contribution is -2.47. The third-order valence-corrected chi connectivity index (χ3v) is 6.80. The van der Waals surface area contributed by atoms with E-state index in [4.69, 9.17) is 9.47 Å². The fourth-order valence-electron chi connectivity index (χ4n) is 3.90. The molecule has 1 aliphatic rings. The number of aromatic nitrogens is 2. The van der Waals surface area contributed by atoms with Gasteiger partial charge < -0.3 is 25.0 Å². The first-order valence-electron chi connectivity index (χ1n) is 10.7. The number of hydrogen-bond acceptors (Lipinski definition) is 7. The molecule has 0 saturated carbocycles. The number of benzene rings is 1. The Labute approximate surface area is 196 Å². The number of anilines is 1. The summed E-state index contributed by atoms with van der Waals surface area (Å²) in [5.74, 6) is 0.812. The smallest absolute Gasteiger partial charge is 0.321 e. The summed E-state index contributed by atoms with van der Waals surface area (Å²) in [7, 11) is 3.13. The minimum absolute atomic E-state index is 0.0000744. The molecule has 0 unspecified atom stereocenters. The van der Waals surface area contributed by atoms with Gasteiger partial charge in [0.2, 0.25) is 5.88 Å². The number of nitrogens with one attached hydrogen (secondary N) is 2. The van der Waals surface area contributed by atoms with Crippen LogP contribution in [0.25, 0.3) is 10.2 Å². The topological polar surface area (TPSA) is 106 Å². The summed E-state index contributed by atoms with van der Waals surface area (Å²) >= 11 is 1.32. The van der Waals surface area contributed by atoms with E-state index < -0.39 is 0 Å². The Balaban J connectivity index is 1.40. The molecule has 1 aromatic carbocycles. The van der Waals surface area contributed by atoms with Gasteiger partial charge >= 0.3 is 6.03 Å². The van der Waals surface area contributed by atoms with Crippen molar-refractivity contribution in [2.45, 2.75) is 32.4 Å². The number of carbonyl (C=O) groups is 2. The van der Waals surface area contributed by atoms with Gasteiger partial charge in [0.25, 0.3) is 5.91 Å². The zero-order chi connectivity index (χ0) is 23.4. The van der Waals surface area contributed by atoms with Crippen molar-refractivity contribution in [1.82, 2.24) is 20.2 Å². The Kier molecular flexibility index (Phi) is 7.05. The Morgan fingerprint density at radius 3 is 2.55 bits per heavy atom. The van der Waals surface area contributed by atoms with Gasteiger partial charge in [-0.2, -0.15) is 4.98 Å². The fourth-order valence-corrected chi connectivity index (χ4v) is 5.00. The average Bonchev–Trinajstić information content (AvgIpc) is 3.16. The van der Waals surface area contributed by atoms with Crippen LogP contribution in [0.2, 0.25) is 0 Å². The summed E-state index contributed by atoms with van der Waals surface area (Å²) in [6.45, 7) is 3.30. The highest BCUT2D eigenvalue weighted by Crippen LogP contribution is 2.35. The van der Waals surface area contributed by atoms with E-state index in [-0.39, 0.29) is 24.6 Å². The number of carbonyl (C=O) groups excluding carboxylic acids is 2. The van der Waals surface area contributed by atoms with Gasteiger partial charge in [0.15, 0.2) is 5.82 Å². The summed E-state index contributed by atoms with van der Waals surface area (Å²) in [6, 6.07) is 9.26. The number of likely N-dealkylation sites (tertiary alicyclic amines) is 1. The van der Waals surface area contributed by atoms with E-state index in [9.17, 15) is 9.59 Å². The number of aryl methyl sites for hydroxylation is 1. The van der Waals surface area contributed by atoms with Crippen molar-refractivity contribution in [1.29, 1.82) is 0 Å². The SMILES string of the molecule is COCc1nc(OC)c2c(C)c(C(=O)NC3CCN(C(=O)Nc4ccccc4)CC3)sc2n1. The number of amides is 3. The first kappa shape index (κ1) is 22.9. The van der Waals surface area contributed by atoms with Crippen molar-refractivity contribution < 1.29 is 19.1 Å². The molecule has 3 heterocycles. The van der Waals surface area contributed by atoms with Crippen molar-refractivity contribution in [3.63, 3.8) is 0 Å². The van der Waals surface area contributed by atoms with Crippen LogP contribution in [0.1, 0.15) is 33.9 Å². The van der Waals surface area contributed by atoms with Crippen LogP contribution >= 0.6 is 11.3 Å². The van der Waals surface area contributed by atoms with Crippen LogP contribution < -0.4 is 15.4 Å². The van der Waals surface area contributed by atoms with Crippen LogP contribution in [0.4, 0.5) is 10.5 Å². The predicted octanol–water partition coefficient (Wildman–Crippen LogP) is 3.58. The number of rotatable bonds is 6. The second-order valence-corrected chi connectivity index (χ2v) is 8.85. The Bertz CT molecular complexity index is 1140. The molecule has 0 spiro atoms. The molecule has 33 heavy (non-hydrogen) atoms. The lowest BCUT2D eigenvalue weighted by Gasteiger charge is -2.32. The molecule has 1 fully saturated rings. The van der Waals surface area contributed by atoms with Crippen LogP contribution in [-0.2, 0) is 11.3 Å². The highest BCUT2D eigenvalue weighted by atomic mass is 32.1. The fraction of sp³-hybridized carbons (Fsp3) is 0.391. The van der Waals surface area contributed by atoms with Gasteiger partial charge in [-0.3, -0.25) is 4.79 Å². The highest BCUT2D eigenvalue weighted by molar-refractivity contribution is 7.20. The average molecular weight is 470 g/mol. The molecule has 174 valence electrons. The third kappa shape index (κ3) is 5.07. The molecule has 4 rings (SSSR count). The number of nitrogens with zero attached hydrogens (tertiary/aromatic N) is 3. The third-order valence-electron chi connectivity index (χ3n) is 5.62. The van der Waals surface area contributed by atoms with Gasteiger partial charge in [-0.1, -0.05) is 18.2 Å². The number of urea groups is 1. The van der Waals surface area contributed by atoms with E-state index in [0.717, 1.165) is 16.6 Å². The number of piperidine rings is 1. The molecule has 0 bridgehead atoms. The van der Waals surface area contributed by atoms with Crippen molar-refractivity contribution in [2.75, 3.05) is 32.6 Å². The molecule has 2 N–H and O–H groups in total. The molecule has 9 nitrogen and oxygen atoms in total. The lowest BCUT2D eigenvalue weighted by atomic mass is 10.0. The lowest BCUT2D eigenvalue weighted by molar-refractivity contribution is 0.0923. The second kappa shape index (κ2) is 10.1. The van der Waals surface area contributed by atoms with Crippen LogP contribution in [0.5, 0.6) is 5.88 Å². The molecule has 1 aliphatic heterocycles. The number of thiophene rings is 1. The molecular weight excluding hydrogens is 442 g/mol. The molecule has 3 amide bonds. The van der Waals surface area contributed by atoms with E-state index in [1.165, 1.54) is 11.3 Å². The first-order valence-corrected chi connectivity index (χ1v) is 11.6. The standard InChI is InChI=1S/C23H27N5O4S/c1-14-18-21(32-3)26-17(13-31-2)27-22(18)33-19(14)20(29)24-16-9-11-28(12-10-16)23(30)25-15-7-5-4-6-8-15/h4-8,16H,9-13H2,1-3H3,(H,24,29)(H,25,30). The van der Waals surface area contributed by atoms with Crippen LogP contribution in [0.3, 0.4) is 0 Å². The van der Waals surface area contributed by atoms with Crippen molar-refractivity contribution in [3.8, 4) is 5.88 Å². The van der Waals surface area contributed by atoms with Gasteiger partial charge in [-0.05, 0) is 37.5 Å². The molecule has 10 heteroatoms. The number of methoxy groups -OCH3 is 2. The summed E-state index contributed by atoms with van der Waals surface area (Å²) in [5.41, 5.74) is 1.57. The molecule has 3 aromatic rings. The van der Waals surface area contributed by atoms with Gasteiger partial charge in [0.1, 0.15) is 11.4 Å². The quantitative estimate of drug-likeness (QED) is 0.572. The van der Waals surface area contributed by atoms with Crippen LogP contribution in [0, 0.1) is 6.92 Å². The molecule has 2 aromatic heterocycles. The molecule has 0 aliphatic carbocycles. The monoisotopic (exact) mass is 469 g/mol. The van der Waals surface area contributed by atoms with Crippen molar-refractivity contribution >= 4 is 39.2 Å². The number of fused-ring (bicyclic) bond motifs is 1.